The quantitative estimate of drug-likeness (QED) is 0.333. The molecule has 1 N–H and O–H groups in total. The molecule has 0 amide bonds. The summed E-state index contributed by atoms with van der Waals surface area (Å²) in [6.45, 7) is 20.4. The number of hydrogen-bond acceptors (Lipinski definition) is 1. The van der Waals surface area contributed by atoms with Gasteiger partial charge in [-0.1, -0.05) is 134 Å². The second kappa shape index (κ2) is 17.4. The maximum absolute atomic E-state index is 4.12. The van der Waals surface area contributed by atoms with Crippen molar-refractivity contribution < 1.29 is 0 Å². The first-order valence-corrected chi connectivity index (χ1v) is 15.1. The summed E-state index contributed by atoms with van der Waals surface area (Å²) in [5, 5.41) is 7.97. The van der Waals surface area contributed by atoms with Crippen LogP contribution >= 0.6 is 7.53 Å². The van der Waals surface area contributed by atoms with E-state index in [2.05, 4.69) is 111 Å². The lowest BCUT2D eigenvalue weighted by Gasteiger charge is -2.11. The maximum atomic E-state index is 4.12. The van der Waals surface area contributed by atoms with E-state index in [0.29, 0.717) is 0 Å². The molecule has 0 aliphatic carbocycles. The molecule has 2 heterocycles. The van der Waals surface area contributed by atoms with Crippen molar-refractivity contribution in [2.75, 3.05) is 5.32 Å². The fraction of sp³-hybridized carbons (Fsp3) is 0.294. The summed E-state index contributed by atoms with van der Waals surface area (Å²) in [5.74, 6) is 0. The molecule has 1 nitrogen and oxygen atoms in total. The van der Waals surface area contributed by atoms with Crippen LogP contribution < -0.4 is 5.32 Å². The number of rotatable bonds is 6. The zero-order chi connectivity index (χ0) is 26.9. The molecule has 0 radical (unpaired) electrons. The van der Waals surface area contributed by atoms with Gasteiger partial charge in [0.05, 0.1) is 0 Å². The Morgan fingerprint density at radius 3 is 2.17 bits per heavy atom. The molecule has 1 aromatic heterocycles. The van der Waals surface area contributed by atoms with Crippen LogP contribution in [-0.4, -0.2) is 0 Å². The highest BCUT2D eigenvalue weighted by molar-refractivity contribution is 7.56. The number of para-hydroxylation sites is 1. The standard InChI is InChI=1S/C28H28NP.3C2H6/c1-4-7-8-9-14-20-30-26-19-13-11-17-23(26)27-21-16-10-12-18-25(21)29-24(6-3)22(15-5-2)28(27)30;3*1-2/h5-19,29H,3-4,20H2,1-2H3;3*1-2H3/b8-7-,14-9-,15-5-;;;. The Morgan fingerprint density at radius 2 is 1.50 bits per heavy atom. The summed E-state index contributed by atoms with van der Waals surface area (Å²) < 4.78 is 0. The number of anilines is 1. The van der Waals surface area contributed by atoms with Crippen molar-refractivity contribution in [3.8, 4) is 11.1 Å². The average Bonchev–Trinajstić information content (AvgIpc) is 3.20. The minimum Gasteiger partial charge on any atom is -0.355 e. The van der Waals surface area contributed by atoms with Crippen molar-refractivity contribution in [2.45, 2.75) is 68.0 Å². The fourth-order valence-electron chi connectivity index (χ4n) is 4.15. The summed E-state index contributed by atoms with van der Waals surface area (Å²) in [6, 6.07) is 17.6. The molecule has 0 spiro atoms. The first-order chi connectivity index (χ1) is 17.8. The van der Waals surface area contributed by atoms with Crippen LogP contribution in [0, 0.1) is 0 Å². The van der Waals surface area contributed by atoms with E-state index in [9.17, 15) is 0 Å². The summed E-state index contributed by atoms with van der Waals surface area (Å²) in [5.41, 5.74) is 6.15. The molecule has 2 aromatic carbocycles. The summed E-state index contributed by atoms with van der Waals surface area (Å²) >= 11 is 0. The highest BCUT2D eigenvalue weighted by Crippen LogP contribution is 2.57. The number of hydrogen-bond donors (Lipinski definition) is 1. The first-order valence-electron chi connectivity index (χ1n) is 13.6. The third kappa shape index (κ3) is 7.02. The van der Waals surface area contributed by atoms with Crippen LogP contribution in [0.4, 0.5) is 5.69 Å². The van der Waals surface area contributed by atoms with Gasteiger partial charge in [0.2, 0.25) is 0 Å². The van der Waals surface area contributed by atoms with Crippen molar-refractivity contribution in [3.63, 3.8) is 0 Å². The number of nitrogens with one attached hydrogen (secondary N) is 1. The van der Waals surface area contributed by atoms with E-state index in [-0.39, 0.29) is 0 Å². The Hall–Kier alpha value is -3.02. The van der Waals surface area contributed by atoms with Gasteiger partial charge in [-0.05, 0) is 30.9 Å². The lowest BCUT2D eigenvalue weighted by Crippen LogP contribution is -1.98. The van der Waals surface area contributed by atoms with Crippen molar-refractivity contribution in [1.82, 2.24) is 0 Å². The smallest absolute Gasteiger partial charge is 0.0464 e. The zero-order valence-electron chi connectivity index (χ0n) is 23.7. The predicted molar refractivity (Wildman–Crippen MR) is 170 cm³/mol. The lowest BCUT2D eigenvalue weighted by atomic mass is 9.98. The van der Waals surface area contributed by atoms with E-state index in [1.807, 2.05) is 47.6 Å². The summed E-state index contributed by atoms with van der Waals surface area (Å²) in [7, 11) is -0.502. The second-order valence-corrected chi connectivity index (χ2v) is 9.47. The molecular weight excluding hydrogens is 453 g/mol. The van der Waals surface area contributed by atoms with E-state index >= 15 is 0 Å². The van der Waals surface area contributed by atoms with Crippen LogP contribution in [-0.2, 0) is 6.16 Å². The van der Waals surface area contributed by atoms with Crippen LogP contribution in [0.15, 0.2) is 103 Å². The molecule has 0 saturated carbocycles. The molecule has 3 aromatic rings. The van der Waals surface area contributed by atoms with E-state index < -0.39 is 7.53 Å². The van der Waals surface area contributed by atoms with Crippen molar-refractivity contribution in [1.29, 1.82) is 0 Å². The molecule has 1 aliphatic heterocycles. The Kier molecular flexibility index (Phi) is 15.0. The molecule has 0 fully saturated rings. The minimum atomic E-state index is -0.502. The van der Waals surface area contributed by atoms with Crippen LogP contribution in [0.1, 0.15) is 67.1 Å². The molecule has 4 rings (SSSR count). The third-order valence-electron chi connectivity index (χ3n) is 5.43. The van der Waals surface area contributed by atoms with Crippen LogP contribution in [0.3, 0.4) is 0 Å². The number of allylic oxidation sites excluding steroid dienone is 8. The van der Waals surface area contributed by atoms with Gasteiger partial charge in [-0.3, -0.25) is 0 Å². The molecule has 0 bridgehead atoms. The van der Waals surface area contributed by atoms with Crippen LogP contribution in [0.25, 0.3) is 27.2 Å². The molecule has 0 saturated heterocycles. The number of benzene rings is 2. The van der Waals surface area contributed by atoms with Gasteiger partial charge < -0.3 is 5.32 Å². The zero-order valence-corrected chi connectivity index (χ0v) is 24.6. The average molecular weight is 500 g/mol. The largest absolute Gasteiger partial charge is 0.355 e. The number of fused-ring (bicyclic) bond motifs is 5. The van der Waals surface area contributed by atoms with Crippen LogP contribution in [0.5, 0.6) is 0 Å². The summed E-state index contributed by atoms with van der Waals surface area (Å²) in [4.78, 5) is 0. The van der Waals surface area contributed by atoms with Crippen molar-refractivity contribution in [3.05, 3.63) is 109 Å². The molecule has 1 unspecified atom stereocenters. The molecule has 2 heteroatoms. The van der Waals surface area contributed by atoms with E-state index in [4.69, 9.17) is 0 Å². The topological polar surface area (TPSA) is 12.0 Å². The fourth-order valence-corrected chi connectivity index (χ4v) is 6.84. The first kappa shape index (κ1) is 31.0. The third-order valence-corrected chi connectivity index (χ3v) is 7.98. The van der Waals surface area contributed by atoms with Gasteiger partial charge in [0.25, 0.3) is 0 Å². The van der Waals surface area contributed by atoms with E-state index in [1.54, 1.807) is 0 Å². The Bertz CT molecular complexity index is 1200. The monoisotopic (exact) mass is 499 g/mol. The van der Waals surface area contributed by atoms with Crippen molar-refractivity contribution >= 4 is 29.3 Å². The minimum absolute atomic E-state index is 0.502. The highest BCUT2D eigenvalue weighted by atomic mass is 31.1. The lowest BCUT2D eigenvalue weighted by molar-refractivity contribution is 1.22. The highest BCUT2D eigenvalue weighted by Gasteiger charge is 2.26. The molecule has 1 atom stereocenters. The van der Waals surface area contributed by atoms with Gasteiger partial charge in [-0.15, -0.1) is 7.53 Å². The van der Waals surface area contributed by atoms with Crippen LogP contribution in [0.2, 0.25) is 0 Å². The van der Waals surface area contributed by atoms with Gasteiger partial charge in [0, 0.05) is 44.7 Å². The Morgan fingerprint density at radius 1 is 0.861 bits per heavy atom. The second-order valence-electron chi connectivity index (χ2n) is 7.32. The molecule has 192 valence electrons. The van der Waals surface area contributed by atoms with E-state index in [1.165, 1.54) is 32.5 Å². The van der Waals surface area contributed by atoms with Gasteiger partial charge >= 0.3 is 0 Å². The molecule has 1 aliphatic rings. The maximum Gasteiger partial charge on any atom is 0.0464 e. The van der Waals surface area contributed by atoms with Crippen molar-refractivity contribution in [2.24, 2.45) is 0 Å². The van der Waals surface area contributed by atoms with Gasteiger partial charge in [0.15, 0.2) is 0 Å². The van der Waals surface area contributed by atoms with E-state index in [0.717, 1.165) is 24.0 Å². The summed E-state index contributed by atoms with van der Waals surface area (Å²) in [6.07, 6.45) is 17.3. The normalized spacial score (nSPS) is 12.5. The molecular formula is C34H46NP. The van der Waals surface area contributed by atoms with Gasteiger partial charge in [0.1, 0.15) is 0 Å². The Labute approximate surface area is 222 Å². The molecule has 36 heavy (non-hydrogen) atoms. The van der Waals surface area contributed by atoms with Gasteiger partial charge in [-0.2, -0.15) is 0 Å². The Balaban J connectivity index is 0.00000101. The SMILES string of the molecule is C=CC1=C(/C=C\C)c2c(c3ccccc3p2C/C=C\C=C/CC)-c2ccccc2N1.CC.CC.CC. The van der Waals surface area contributed by atoms with Gasteiger partial charge in [-0.25, -0.2) is 0 Å². The predicted octanol–water partition coefficient (Wildman–Crippen LogP) is 12.0.